The number of nitrogen functional groups attached to an aromatic ring is 3. The van der Waals surface area contributed by atoms with E-state index < -0.39 is 0 Å². The summed E-state index contributed by atoms with van der Waals surface area (Å²) in [5, 5.41) is 39.8. The highest BCUT2D eigenvalue weighted by molar-refractivity contribution is 9.09. The van der Waals surface area contributed by atoms with Crippen LogP contribution in [0.1, 0.15) is 106 Å². The van der Waals surface area contributed by atoms with Crippen LogP contribution < -0.4 is 17.2 Å². The Morgan fingerprint density at radius 3 is 1.73 bits per heavy atom. The minimum absolute atomic E-state index is 0.326. The van der Waals surface area contributed by atoms with E-state index in [0.717, 1.165) is 30.5 Å². The highest BCUT2D eigenvalue weighted by atomic mass is 79.9. The number of nitrogens with two attached hydrogens (primary N) is 3. The number of aromatic nitrogens is 6. The molecule has 3 aliphatic rings. The molecule has 3 aliphatic carbocycles. The molecule has 0 aromatic carbocycles. The molecule has 0 aliphatic heterocycles. The summed E-state index contributed by atoms with van der Waals surface area (Å²) in [7, 11) is 0. The summed E-state index contributed by atoms with van der Waals surface area (Å²) in [5.41, 5.74) is 17.9. The lowest BCUT2D eigenvalue weighted by Crippen LogP contribution is -2.10. The highest BCUT2D eigenvalue weighted by Gasteiger charge is 2.21. The molecule has 3 fully saturated rings. The Balaban J connectivity index is 0.000000154. The Kier molecular flexibility index (Phi) is 11.9. The van der Waals surface area contributed by atoms with Crippen LogP contribution in [0.4, 0.5) is 17.5 Å². The van der Waals surface area contributed by atoms with Crippen molar-refractivity contribution in [3.8, 4) is 18.2 Å². The van der Waals surface area contributed by atoms with Crippen molar-refractivity contribution < 1.29 is 0 Å². The van der Waals surface area contributed by atoms with E-state index in [1.165, 1.54) is 57.6 Å². The number of nitriles is 3. The van der Waals surface area contributed by atoms with Crippen LogP contribution in [0.2, 0.25) is 0 Å². The number of hydrogen-bond donors (Lipinski definition) is 4. The topological polar surface area (TPSA) is 214 Å². The molecule has 3 aromatic rings. The third-order valence-corrected chi connectivity index (χ3v) is 8.19. The van der Waals surface area contributed by atoms with Gasteiger partial charge in [0.15, 0.2) is 5.82 Å². The lowest BCUT2D eigenvalue weighted by atomic mass is 10.2. The molecule has 40 heavy (non-hydrogen) atoms. The second-order valence-corrected chi connectivity index (χ2v) is 11.4. The van der Waals surface area contributed by atoms with E-state index in [9.17, 15) is 0 Å². The molecule has 0 atom stereocenters. The molecule has 3 saturated carbocycles. The minimum Gasteiger partial charge on any atom is -0.383 e. The molecule has 3 heterocycles. The van der Waals surface area contributed by atoms with Crippen molar-refractivity contribution in [3.63, 3.8) is 0 Å². The van der Waals surface area contributed by atoms with Crippen LogP contribution in [0.15, 0.2) is 18.6 Å². The van der Waals surface area contributed by atoms with Gasteiger partial charge in [0.25, 0.3) is 0 Å². The number of anilines is 3. The van der Waals surface area contributed by atoms with Crippen LogP contribution in [0, 0.1) is 34.0 Å². The van der Waals surface area contributed by atoms with Crippen LogP contribution in [-0.4, -0.2) is 34.6 Å². The quantitative estimate of drug-likeness (QED) is 0.284. The molecule has 212 valence electrons. The van der Waals surface area contributed by atoms with E-state index >= 15 is 0 Å². The van der Waals surface area contributed by atoms with Gasteiger partial charge in [-0.3, -0.25) is 9.78 Å². The minimum atomic E-state index is 0.326. The molecule has 0 spiro atoms. The first-order valence-corrected chi connectivity index (χ1v) is 14.6. The second kappa shape index (κ2) is 15.5. The highest BCUT2D eigenvalue weighted by Crippen LogP contribution is 2.31. The summed E-state index contributed by atoms with van der Waals surface area (Å²) < 4.78 is 3.65. The van der Waals surface area contributed by atoms with E-state index in [1.807, 2.05) is 22.9 Å². The molecular formula is C27H37BrN12. The summed E-state index contributed by atoms with van der Waals surface area (Å²) in [6.45, 7) is 0. The van der Waals surface area contributed by atoms with E-state index in [-0.39, 0.29) is 0 Å². The number of H-pyrrole nitrogens is 1. The standard InChI is InChI=1S/2C9H12N4.C5H9Br.C4H4N4/c10-5-7-6-13(12-9(7)11)8-3-1-2-4-8;10-5-7-6-12-13(9(7)11)8-3-1-2-4-8;6-5-3-1-2-4-5;5-1-3-2-7-8-4(3)6/h6,8H,1-4H2,(H2,11,12);6,8H,1-4,11H2;5H,1-4H2;2H,(H3,6,7,8). The van der Waals surface area contributed by atoms with Crippen molar-refractivity contribution in [3.05, 3.63) is 35.3 Å². The van der Waals surface area contributed by atoms with Crippen molar-refractivity contribution in [1.29, 1.82) is 15.8 Å². The van der Waals surface area contributed by atoms with E-state index in [2.05, 4.69) is 36.3 Å². The van der Waals surface area contributed by atoms with Crippen LogP contribution in [0.5, 0.6) is 0 Å². The van der Waals surface area contributed by atoms with Gasteiger partial charge < -0.3 is 17.2 Å². The van der Waals surface area contributed by atoms with Crippen LogP contribution in [0.3, 0.4) is 0 Å². The lowest BCUT2D eigenvalue weighted by molar-refractivity contribution is 0.468. The summed E-state index contributed by atoms with van der Waals surface area (Å²) in [6.07, 6.45) is 20.0. The first kappa shape index (κ1) is 30.5. The zero-order chi connectivity index (χ0) is 28.9. The summed E-state index contributed by atoms with van der Waals surface area (Å²) in [5.74, 6) is 1.20. The van der Waals surface area contributed by atoms with Crippen molar-refractivity contribution in [2.24, 2.45) is 0 Å². The number of nitrogens with zero attached hydrogens (tertiary/aromatic N) is 8. The number of alkyl halides is 1. The lowest BCUT2D eigenvalue weighted by Gasteiger charge is -2.10. The first-order chi connectivity index (χ1) is 19.4. The van der Waals surface area contributed by atoms with E-state index in [4.69, 9.17) is 33.0 Å². The van der Waals surface area contributed by atoms with Gasteiger partial charge in [0.2, 0.25) is 0 Å². The Morgan fingerprint density at radius 2 is 1.32 bits per heavy atom. The molecule has 7 N–H and O–H groups in total. The van der Waals surface area contributed by atoms with Gasteiger partial charge in [0.1, 0.15) is 46.5 Å². The summed E-state index contributed by atoms with van der Waals surface area (Å²) >= 11 is 3.54. The maximum Gasteiger partial charge on any atom is 0.163 e. The predicted octanol–water partition coefficient (Wildman–Crippen LogP) is 5.09. The van der Waals surface area contributed by atoms with Gasteiger partial charge in [-0.2, -0.15) is 31.1 Å². The Hall–Kier alpha value is -4.02. The monoisotopic (exact) mass is 608 g/mol. The fourth-order valence-electron chi connectivity index (χ4n) is 5.01. The van der Waals surface area contributed by atoms with Crippen molar-refractivity contribution in [2.75, 3.05) is 17.2 Å². The Labute approximate surface area is 243 Å². The average Bonchev–Trinajstić information content (AvgIpc) is 3.79. The maximum absolute atomic E-state index is 8.69. The van der Waals surface area contributed by atoms with Crippen LogP contribution in [-0.2, 0) is 0 Å². The van der Waals surface area contributed by atoms with E-state index in [0.29, 0.717) is 46.2 Å². The fourth-order valence-corrected chi connectivity index (χ4v) is 5.65. The molecule has 3 aromatic heterocycles. The Morgan fingerprint density at radius 1 is 0.775 bits per heavy atom. The van der Waals surface area contributed by atoms with Gasteiger partial charge in [-0.15, -0.1) is 0 Å². The predicted molar refractivity (Wildman–Crippen MR) is 157 cm³/mol. The third-order valence-electron chi connectivity index (χ3n) is 7.28. The molecule has 6 rings (SSSR count). The number of rotatable bonds is 2. The first-order valence-electron chi connectivity index (χ1n) is 13.7. The van der Waals surface area contributed by atoms with Gasteiger partial charge in [-0.05, 0) is 38.5 Å². The van der Waals surface area contributed by atoms with Crippen LogP contribution >= 0.6 is 15.9 Å². The smallest absolute Gasteiger partial charge is 0.163 e. The third kappa shape index (κ3) is 8.49. The van der Waals surface area contributed by atoms with E-state index in [1.54, 1.807) is 17.1 Å². The molecule has 0 radical (unpaired) electrons. The average molecular weight is 610 g/mol. The van der Waals surface area contributed by atoms with Gasteiger partial charge in [-0.25, -0.2) is 4.68 Å². The number of hydrogen-bond acceptors (Lipinski definition) is 9. The zero-order valence-corrected chi connectivity index (χ0v) is 24.2. The largest absolute Gasteiger partial charge is 0.383 e. The second-order valence-electron chi connectivity index (χ2n) is 10.1. The Bertz CT molecular complexity index is 1300. The van der Waals surface area contributed by atoms with Gasteiger partial charge in [-0.1, -0.05) is 54.5 Å². The molecule has 0 saturated heterocycles. The van der Waals surface area contributed by atoms with Crippen molar-refractivity contribution >= 4 is 33.4 Å². The number of nitrogens with one attached hydrogen (secondary N) is 1. The van der Waals surface area contributed by atoms with Crippen LogP contribution in [0.25, 0.3) is 0 Å². The normalized spacial score (nSPS) is 16.9. The number of aromatic amines is 1. The molecule has 13 heteroatoms. The van der Waals surface area contributed by atoms with Gasteiger partial charge in [0.05, 0.1) is 24.5 Å². The number of halogens is 1. The molecular weight excluding hydrogens is 572 g/mol. The maximum atomic E-state index is 8.69. The zero-order valence-electron chi connectivity index (χ0n) is 22.6. The summed E-state index contributed by atoms with van der Waals surface area (Å²) in [6, 6.07) is 6.80. The van der Waals surface area contributed by atoms with Crippen molar-refractivity contribution in [2.45, 2.75) is 94.0 Å². The molecule has 0 amide bonds. The van der Waals surface area contributed by atoms with Crippen molar-refractivity contribution in [1.82, 2.24) is 29.8 Å². The van der Waals surface area contributed by atoms with Gasteiger partial charge >= 0.3 is 0 Å². The molecule has 12 nitrogen and oxygen atoms in total. The summed E-state index contributed by atoms with van der Waals surface area (Å²) in [4.78, 5) is 0.859. The SMILES string of the molecule is BrC1CCCC1.N#Cc1cn(C2CCCC2)nc1N.N#Cc1cn[nH]c1N.N#Cc1cnn(C2CCCC2)c1N. The molecule has 0 bridgehead atoms. The molecule has 0 unspecified atom stereocenters. The van der Waals surface area contributed by atoms with Gasteiger partial charge in [0, 0.05) is 11.0 Å². The fraction of sp³-hybridized carbons (Fsp3) is 0.556.